The molecule has 3 heterocycles. The molecule has 0 atom stereocenters. The molecule has 0 bridgehead atoms. The van der Waals surface area contributed by atoms with Crippen LogP contribution in [-0.4, -0.2) is 15.0 Å². The van der Waals surface area contributed by atoms with Gasteiger partial charge in [-0.15, -0.1) is 0 Å². The Balaban J connectivity index is 1.10. The molecular weight excluding hydrogens is 583 g/mol. The molecule has 0 aliphatic heterocycles. The van der Waals surface area contributed by atoms with Crippen LogP contribution in [0.5, 0.6) is 0 Å². The van der Waals surface area contributed by atoms with E-state index in [0.29, 0.717) is 0 Å². The molecule has 0 aliphatic rings. The zero-order valence-corrected chi connectivity index (χ0v) is 25.9. The Labute approximate surface area is 276 Å². The Morgan fingerprint density at radius 2 is 0.854 bits per heavy atom. The van der Waals surface area contributed by atoms with Gasteiger partial charge in [0.15, 0.2) is 0 Å². The van der Waals surface area contributed by atoms with E-state index in [1.165, 1.54) is 65.3 Å². The fourth-order valence-electron chi connectivity index (χ4n) is 7.33. The third-order valence-electron chi connectivity index (χ3n) is 9.75. The Kier molecular flexibility index (Phi) is 5.87. The van der Waals surface area contributed by atoms with Crippen LogP contribution >= 0.6 is 0 Å². The van der Waals surface area contributed by atoms with E-state index in [0.717, 1.165) is 33.1 Å². The maximum Gasteiger partial charge on any atom is 0.0972 e. The molecule has 10 rings (SSSR count). The monoisotopic (exact) mass is 609 g/mol. The highest BCUT2D eigenvalue weighted by atomic mass is 14.7. The lowest BCUT2D eigenvalue weighted by molar-refractivity contribution is 1.33. The standard InChI is InChI=1S/C45H27N3/c1-2-6-38-37(5-1)41-26-35(34-12-11-32-24-31(9-10-33(32)25-34)28-19-22-46-23-20-28)13-16-39(41)40-17-14-36(27-42(38)40)43-18-15-30-8-7-29-4-3-21-47-44(29)45(30)48-43/h1-27H. The predicted molar refractivity (Wildman–Crippen MR) is 201 cm³/mol. The highest BCUT2D eigenvalue weighted by molar-refractivity contribution is 6.26. The van der Waals surface area contributed by atoms with Gasteiger partial charge in [-0.2, -0.15) is 0 Å². The summed E-state index contributed by atoms with van der Waals surface area (Å²) in [6.45, 7) is 0. The molecule has 0 unspecified atom stereocenters. The second-order valence-electron chi connectivity index (χ2n) is 12.5. The molecule has 0 saturated heterocycles. The van der Waals surface area contributed by atoms with E-state index in [-0.39, 0.29) is 0 Å². The second kappa shape index (κ2) is 10.5. The molecule has 48 heavy (non-hydrogen) atoms. The third kappa shape index (κ3) is 4.25. The number of pyridine rings is 3. The molecule has 3 heteroatoms. The molecule has 0 spiro atoms. The van der Waals surface area contributed by atoms with Crippen molar-refractivity contribution >= 4 is 64.9 Å². The van der Waals surface area contributed by atoms with Crippen molar-refractivity contribution in [1.82, 2.24) is 15.0 Å². The number of hydrogen-bond acceptors (Lipinski definition) is 3. The molecule has 0 amide bonds. The van der Waals surface area contributed by atoms with Gasteiger partial charge in [0.25, 0.3) is 0 Å². The van der Waals surface area contributed by atoms with Crippen molar-refractivity contribution in [3.8, 4) is 33.5 Å². The quantitative estimate of drug-likeness (QED) is 0.187. The Bertz CT molecular complexity index is 2870. The van der Waals surface area contributed by atoms with Crippen molar-refractivity contribution in [3.63, 3.8) is 0 Å². The molecule has 0 saturated carbocycles. The SMILES string of the molecule is c1cnc2c(c1)ccc1ccc(-c3ccc4c5ccc(-c6ccc7cc(-c8ccncc8)ccc7c6)cc5c5ccccc5c4c3)nc12. The molecule has 3 nitrogen and oxygen atoms in total. The smallest absolute Gasteiger partial charge is 0.0972 e. The first-order valence-corrected chi connectivity index (χ1v) is 16.2. The van der Waals surface area contributed by atoms with Crippen LogP contribution in [0.1, 0.15) is 0 Å². The summed E-state index contributed by atoms with van der Waals surface area (Å²) in [7, 11) is 0. The molecule has 3 aromatic heterocycles. The minimum Gasteiger partial charge on any atom is -0.265 e. The topological polar surface area (TPSA) is 38.7 Å². The average molecular weight is 610 g/mol. The van der Waals surface area contributed by atoms with Crippen LogP contribution in [0.15, 0.2) is 164 Å². The summed E-state index contributed by atoms with van der Waals surface area (Å²) in [6.07, 6.45) is 5.53. The Hall–Kier alpha value is -6.45. The van der Waals surface area contributed by atoms with Crippen molar-refractivity contribution in [3.05, 3.63) is 164 Å². The van der Waals surface area contributed by atoms with Crippen LogP contribution in [-0.2, 0) is 0 Å². The minimum atomic E-state index is 0.935. The lowest BCUT2D eigenvalue weighted by Crippen LogP contribution is -1.90. The van der Waals surface area contributed by atoms with Crippen molar-refractivity contribution in [1.29, 1.82) is 0 Å². The molecule has 0 radical (unpaired) electrons. The van der Waals surface area contributed by atoms with E-state index in [1.807, 2.05) is 24.7 Å². The first-order valence-electron chi connectivity index (χ1n) is 16.2. The summed E-state index contributed by atoms with van der Waals surface area (Å²) >= 11 is 0. The molecule has 222 valence electrons. The normalized spacial score (nSPS) is 11.8. The molecule has 10 aromatic rings. The van der Waals surface area contributed by atoms with Gasteiger partial charge in [-0.05, 0) is 114 Å². The summed E-state index contributed by atoms with van der Waals surface area (Å²) in [6, 6.07) is 52.6. The van der Waals surface area contributed by atoms with Gasteiger partial charge < -0.3 is 0 Å². The minimum absolute atomic E-state index is 0.935. The van der Waals surface area contributed by atoms with Gasteiger partial charge in [-0.1, -0.05) is 97.1 Å². The summed E-state index contributed by atoms with van der Waals surface area (Å²) < 4.78 is 0. The zero-order chi connectivity index (χ0) is 31.6. The lowest BCUT2D eigenvalue weighted by Gasteiger charge is -2.14. The fraction of sp³-hybridized carbons (Fsp3) is 0. The van der Waals surface area contributed by atoms with E-state index in [1.54, 1.807) is 0 Å². The van der Waals surface area contributed by atoms with Crippen LogP contribution < -0.4 is 0 Å². The maximum atomic E-state index is 5.14. The van der Waals surface area contributed by atoms with E-state index in [4.69, 9.17) is 4.98 Å². The lowest BCUT2D eigenvalue weighted by atomic mass is 9.90. The second-order valence-corrected chi connectivity index (χ2v) is 12.5. The van der Waals surface area contributed by atoms with Gasteiger partial charge in [-0.25, -0.2) is 4.98 Å². The summed E-state index contributed by atoms with van der Waals surface area (Å²) in [5.74, 6) is 0. The van der Waals surface area contributed by atoms with E-state index in [2.05, 4.69) is 149 Å². The van der Waals surface area contributed by atoms with Gasteiger partial charge in [-0.3, -0.25) is 9.97 Å². The van der Waals surface area contributed by atoms with Crippen molar-refractivity contribution in [2.45, 2.75) is 0 Å². The number of aromatic nitrogens is 3. The average Bonchev–Trinajstić information content (AvgIpc) is 3.17. The highest BCUT2D eigenvalue weighted by Crippen LogP contribution is 2.39. The van der Waals surface area contributed by atoms with E-state index in [9.17, 15) is 0 Å². The summed E-state index contributed by atoms with van der Waals surface area (Å²) in [4.78, 5) is 14.0. The first kappa shape index (κ1) is 26.7. The molecule has 0 N–H and O–H groups in total. The van der Waals surface area contributed by atoms with E-state index < -0.39 is 0 Å². The van der Waals surface area contributed by atoms with Crippen molar-refractivity contribution in [2.75, 3.05) is 0 Å². The number of fused-ring (bicyclic) bond motifs is 10. The molecule has 7 aromatic carbocycles. The fourth-order valence-corrected chi connectivity index (χ4v) is 7.33. The Morgan fingerprint density at radius 1 is 0.312 bits per heavy atom. The summed E-state index contributed by atoms with van der Waals surface area (Å²) in [5.41, 5.74) is 8.72. The van der Waals surface area contributed by atoms with Gasteiger partial charge >= 0.3 is 0 Å². The maximum absolute atomic E-state index is 5.14. The van der Waals surface area contributed by atoms with Crippen LogP contribution in [0.3, 0.4) is 0 Å². The molecule has 0 fully saturated rings. The number of benzene rings is 7. The number of hydrogen-bond donors (Lipinski definition) is 0. The van der Waals surface area contributed by atoms with Gasteiger partial charge in [0, 0.05) is 34.9 Å². The first-order chi connectivity index (χ1) is 23.8. The van der Waals surface area contributed by atoms with Crippen molar-refractivity contribution in [2.24, 2.45) is 0 Å². The van der Waals surface area contributed by atoms with Crippen LogP contribution in [0.4, 0.5) is 0 Å². The number of rotatable bonds is 3. The van der Waals surface area contributed by atoms with E-state index >= 15 is 0 Å². The Morgan fingerprint density at radius 3 is 1.58 bits per heavy atom. The van der Waals surface area contributed by atoms with Crippen molar-refractivity contribution < 1.29 is 0 Å². The highest BCUT2D eigenvalue weighted by Gasteiger charge is 2.13. The largest absolute Gasteiger partial charge is 0.265 e. The summed E-state index contributed by atoms with van der Waals surface area (Å²) in [5, 5.41) is 12.1. The number of nitrogens with zero attached hydrogens (tertiary/aromatic N) is 3. The van der Waals surface area contributed by atoms with Crippen LogP contribution in [0, 0.1) is 0 Å². The van der Waals surface area contributed by atoms with Crippen LogP contribution in [0.25, 0.3) is 98.4 Å². The van der Waals surface area contributed by atoms with Crippen LogP contribution in [0.2, 0.25) is 0 Å². The third-order valence-corrected chi connectivity index (χ3v) is 9.75. The van der Waals surface area contributed by atoms with Gasteiger partial charge in [0.2, 0.25) is 0 Å². The predicted octanol–water partition coefficient (Wildman–Crippen LogP) is 11.8. The molecule has 0 aliphatic carbocycles. The zero-order valence-electron chi connectivity index (χ0n) is 25.9. The molecular formula is C45H27N3. The van der Waals surface area contributed by atoms with Gasteiger partial charge in [0.1, 0.15) is 0 Å². The van der Waals surface area contributed by atoms with Gasteiger partial charge in [0.05, 0.1) is 16.7 Å².